The van der Waals surface area contributed by atoms with Crippen LogP contribution in [0.15, 0.2) is 41.8 Å². The fourth-order valence-electron chi connectivity index (χ4n) is 1.82. The fourth-order valence-corrected chi connectivity index (χ4v) is 2.04. The van der Waals surface area contributed by atoms with Gasteiger partial charge in [0.05, 0.1) is 0 Å². The van der Waals surface area contributed by atoms with E-state index in [1.807, 2.05) is 36.2 Å². The monoisotopic (exact) mass is 291 g/mol. The molecule has 0 saturated carbocycles. The summed E-state index contributed by atoms with van der Waals surface area (Å²) in [6.07, 6.45) is 3.04. The summed E-state index contributed by atoms with van der Waals surface area (Å²) >= 11 is 5.96. The summed E-state index contributed by atoms with van der Waals surface area (Å²) in [6.45, 7) is 0.574. The van der Waals surface area contributed by atoms with E-state index in [1.165, 1.54) is 6.20 Å². The quantitative estimate of drug-likeness (QED) is 0.388. The minimum Gasteiger partial charge on any atom is -0.409 e. The number of oxime groups is 1. The standard InChI is InChI=1S/C13H14ClN5O/c1-19(8-9-3-2-4-10(14)7-9)13-11(12(15)18-20)16-5-6-17-13/h2-7,20H,8H2,1H3,(H2,15,18). The van der Waals surface area contributed by atoms with Crippen molar-refractivity contribution in [2.75, 3.05) is 11.9 Å². The van der Waals surface area contributed by atoms with E-state index in [-0.39, 0.29) is 5.84 Å². The highest BCUT2D eigenvalue weighted by atomic mass is 35.5. The van der Waals surface area contributed by atoms with Crippen LogP contribution in [0.25, 0.3) is 0 Å². The predicted molar refractivity (Wildman–Crippen MR) is 78.1 cm³/mol. The van der Waals surface area contributed by atoms with Gasteiger partial charge < -0.3 is 15.8 Å². The first kappa shape index (κ1) is 14.1. The average Bonchev–Trinajstić information content (AvgIpc) is 2.46. The van der Waals surface area contributed by atoms with Crippen LogP contribution in [0.4, 0.5) is 5.82 Å². The summed E-state index contributed by atoms with van der Waals surface area (Å²) in [4.78, 5) is 10.2. The van der Waals surface area contributed by atoms with Crippen LogP contribution in [-0.4, -0.2) is 28.1 Å². The van der Waals surface area contributed by atoms with E-state index in [0.29, 0.717) is 23.1 Å². The lowest BCUT2D eigenvalue weighted by atomic mass is 10.2. The lowest BCUT2D eigenvalue weighted by Crippen LogP contribution is -2.24. The molecule has 20 heavy (non-hydrogen) atoms. The molecule has 0 aliphatic heterocycles. The van der Waals surface area contributed by atoms with Gasteiger partial charge in [-0.05, 0) is 17.7 Å². The molecule has 0 amide bonds. The highest BCUT2D eigenvalue weighted by Gasteiger charge is 2.14. The molecular weight excluding hydrogens is 278 g/mol. The molecule has 1 heterocycles. The van der Waals surface area contributed by atoms with Crippen molar-refractivity contribution in [3.63, 3.8) is 0 Å². The minimum atomic E-state index is -0.0777. The Hall–Kier alpha value is -2.34. The molecule has 6 nitrogen and oxygen atoms in total. The third-order valence-electron chi connectivity index (χ3n) is 2.70. The molecule has 1 aromatic heterocycles. The lowest BCUT2D eigenvalue weighted by molar-refractivity contribution is 0.318. The number of rotatable bonds is 4. The van der Waals surface area contributed by atoms with Crippen molar-refractivity contribution < 1.29 is 5.21 Å². The van der Waals surface area contributed by atoms with Gasteiger partial charge in [-0.25, -0.2) is 9.97 Å². The van der Waals surface area contributed by atoms with Crippen LogP contribution in [0.3, 0.4) is 0 Å². The Morgan fingerprint density at radius 3 is 2.85 bits per heavy atom. The predicted octanol–water partition coefficient (Wildman–Crippen LogP) is 1.86. The van der Waals surface area contributed by atoms with Gasteiger partial charge in [0, 0.05) is 31.0 Å². The van der Waals surface area contributed by atoms with E-state index in [0.717, 1.165) is 5.56 Å². The number of aromatic nitrogens is 2. The first-order valence-electron chi connectivity index (χ1n) is 5.86. The van der Waals surface area contributed by atoms with Crippen molar-refractivity contribution >= 4 is 23.3 Å². The molecule has 2 aromatic rings. The maximum Gasteiger partial charge on any atom is 0.192 e. The minimum absolute atomic E-state index is 0.0777. The Kier molecular flexibility index (Phi) is 4.37. The lowest BCUT2D eigenvalue weighted by Gasteiger charge is -2.20. The number of anilines is 1. The Balaban J connectivity index is 2.28. The van der Waals surface area contributed by atoms with Crippen molar-refractivity contribution in [2.24, 2.45) is 10.9 Å². The molecule has 3 N–H and O–H groups in total. The van der Waals surface area contributed by atoms with E-state index in [2.05, 4.69) is 15.1 Å². The number of nitrogens with zero attached hydrogens (tertiary/aromatic N) is 4. The molecule has 0 spiro atoms. The van der Waals surface area contributed by atoms with Gasteiger partial charge in [-0.3, -0.25) is 0 Å². The van der Waals surface area contributed by atoms with E-state index >= 15 is 0 Å². The van der Waals surface area contributed by atoms with Gasteiger partial charge >= 0.3 is 0 Å². The highest BCUT2D eigenvalue weighted by molar-refractivity contribution is 6.30. The van der Waals surface area contributed by atoms with Gasteiger partial charge in [0.2, 0.25) is 0 Å². The molecule has 0 radical (unpaired) electrons. The second-order valence-electron chi connectivity index (χ2n) is 4.20. The van der Waals surface area contributed by atoms with Gasteiger partial charge in [0.1, 0.15) is 0 Å². The van der Waals surface area contributed by atoms with E-state index in [4.69, 9.17) is 22.5 Å². The van der Waals surface area contributed by atoms with Gasteiger partial charge in [-0.2, -0.15) is 0 Å². The Bertz CT molecular complexity index is 632. The van der Waals surface area contributed by atoms with Gasteiger partial charge in [0.15, 0.2) is 17.3 Å². The van der Waals surface area contributed by atoms with Crippen LogP contribution in [0, 0.1) is 0 Å². The SMILES string of the molecule is CN(Cc1cccc(Cl)c1)c1nccnc1C(N)=NO. The van der Waals surface area contributed by atoms with Crippen LogP contribution < -0.4 is 10.6 Å². The fraction of sp³-hybridized carbons (Fsp3) is 0.154. The number of amidine groups is 1. The Labute approximate surface area is 121 Å². The van der Waals surface area contributed by atoms with Gasteiger partial charge in [-0.15, -0.1) is 0 Å². The van der Waals surface area contributed by atoms with Crippen LogP contribution >= 0.6 is 11.6 Å². The average molecular weight is 292 g/mol. The summed E-state index contributed by atoms with van der Waals surface area (Å²) in [7, 11) is 1.85. The molecule has 0 aliphatic carbocycles. The van der Waals surface area contributed by atoms with Gasteiger partial charge in [-0.1, -0.05) is 28.9 Å². The van der Waals surface area contributed by atoms with Gasteiger partial charge in [0.25, 0.3) is 0 Å². The molecule has 104 valence electrons. The second-order valence-corrected chi connectivity index (χ2v) is 4.64. The van der Waals surface area contributed by atoms with Crippen LogP contribution in [-0.2, 0) is 6.54 Å². The smallest absolute Gasteiger partial charge is 0.192 e. The molecule has 0 unspecified atom stereocenters. The maximum atomic E-state index is 8.78. The molecule has 0 fully saturated rings. The maximum absolute atomic E-state index is 8.78. The largest absolute Gasteiger partial charge is 0.409 e. The molecule has 0 saturated heterocycles. The number of hydrogen-bond acceptors (Lipinski definition) is 5. The van der Waals surface area contributed by atoms with Crippen molar-refractivity contribution in [3.8, 4) is 0 Å². The van der Waals surface area contributed by atoms with Crippen LogP contribution in [0.5, 0.6) is 0 Å². The summed E-state index contributed by atoms with van der Waals surface area (Å²) in [5.74, 6) is 0.453. The number of benzene rings is 1. The molecular formula is C13H14ClN5O. The second kappa shape index (κ2) is 6.21. The van der Waals surface area contributed by atoms with Crippen LogP contribution in [0.1, 0.15) is 11.3 Å². The molecule has 0 atom stereocenters. The zero-order valence-electron chi connectivity index (χ0n) is 10.9. The topological polar surface area (TPSA) is 87.6 Å². The van der Waals surface area contributed by atoms with E-state index < -0.39 is 0 Å². The third-order valence-corrected chi connectivity index (χ3v) is 2.93. The summed E-state index contributed by atoms with van der Waals surface area (Å²) in [5, 5.41) is 12.4. The first-order valence-corrected chi connectivity index (χ1v) is 6.24. The van der Waals surface area contributed by atoms with Crippen molar-refractivity contribution in [1.82, 2.24) is 9.97 Å². The number of halogens is 1. The Morgan fingerprint density at radius 2 is 2.15 bits per heavy atom. The molecule has 1 aromatic carbocycles. The highest BCUT2D eigenvalue weighted by Crippen LogP contribution is 2.18. The summed E-state index contributed by atoms with van der Waals surface area (Å²) in [6, 6.07) is 7.53. The normalized spacial score (nSPS) is 11.4. The molecule has 2 rings (SSSR count). The van der Waals surface area contributed by atoms with E-state index in [1.54, 1.807) is 6.20 Å². The van der Waals surface area contributed by atoms with Crippen LogP contribution in [0.2, 0.25) is 5.02 Å². The molecule has 7 heteroatoms. The Morgan fingerprint density at radius 1 is 1.40 bits per heavy atom. The first-order chi connectivity index (χ1) is 9.61. The van der Waals surface area contributed by atoms with Crippen molar-refractivity contribution in [1.29, 1.82) is 0 Å². The number of nitrogens with two attached hydrogens (primary N) is 1. The van der Waals surface area contributed by atoms with Crippen molar-refractivity contribution in [2.45, 2.75) is 6.54 Å². The summed E-state index contributed by atoms with van der Waals surface area (Å²) in [5.41, 5.74) is 6.96. The zero-order valence-corrected chi connectivity index (χ0v) is 11.6. The summed E-state index contributed by atoms with van der Waals surface area (Å²) < 4.78 is 0. The van der Waals surface area contributed by atoms with Crippen molar-refractivity contribution in [3.05, 3.63) is 52.9 Å². The number of hydrogen-bond donors (Lipinski definition) is 2. The van der Waals surface area contributed by atoms with E-state index in [9.17, 15) is 0 Å². The molecule has 0 aliphatic rings. The zero-order chi connectivity index (χ0) is 14.5. The third kappa shape index (κ3) is 3.16. The molecule has 0 bridgehead atoms.